The third kappa shape index (κ3) is 1.99. The lowest BCUT2D eigenvalue weighted by Gasteiger charge is -2.09. The van der Waals surface area contributed by atoms with Gasteiger partial charge in [0.05, 0.1) is 0 Å². The normalized spacial score (nSPS) is 15.1. The van der Waals surface area contributed by atoms with E-state index in [0.717, 1.165) is 28.5 Å². The van der Waals surface area contributed by atoms with E-state index in [0.29, 0.717) is 12.4 Å². The molecule has 2 aromatic carbocycles. The molecule has 3 nitrogen and oxygen atoms in total. The zero-order valence-electron chi connectivity index (χ0n) is 10.2. The second kappa shape index (κ2) is 4.61. The Hall–Kier alpha value is -2.55. The molecule has 0 radical (unpaired) electrons. The van der Waals surface area contributed by atoms with Crippen molar-refractivity contribution < 1.29 is 14.6 Å². The molecule has 0 spiro atoms. The van der Waals surface area contributed by atoms with Gasteiger partial charge in [0.15, 0.2) is 0 Å². The number of carbonyl (C=O) groups excluding carboxylic acids is 1. The molecule has 0 unspecified atom stereocenters. The minimum atomic E-state index is 0.151. The van der Waals surface area contributed by atoms with Crippen molar-refractivity contribution in [3.63, 3.8) is 0 Å². The van der Waals surface area contributed by atoms with E-state index in [1.54, 1.807) is 18.2 Å². The van der Waals surface area contributed by atoms with Crippen LogP contribution in [0.5, 0.6) is 11.5 Å². The van der Waals surface area contributed by atoms with E-state index in [1.807, 2.05) is 24.3 Å². The van der Waals surface area contributed by atoms with Gasteiger partial charge in [-0.2, -0.15) is 0 Å². The monoisotopic (exact) mass is 252 g/mol. The van der Waals surface area contributed by atoms with E-state index in [9.17, 15) is 9.90 Å². The SMILES string of the molecule is O=C/C=C1/c2ccccc2COc2ccc(O)cc21. The van der Waals surface area contributed by atoms with Crippen LogP contribution >= 0.6 is 0 Å². The molecule has 0 atom stereocenters. The Bertz CT molecular complexity index is 671. The lowest BCUT2D eigenvalue weighted by molar-refractivity contribution is -0.104. The first-order valence-corrected chi connectivity index (χ1v) is 5.99. The molecule has 0 saturated carbocycles. The van der Waals surface area contributed by atoms with Crippen LogP contribution in [0.3, 0.4) is 0 Å². The topological polar surface area (TPSA) is 46.5 Å². The van der Waals surface area contributed by atoms with Gasteiger partial charge < -0.3 is 9.84 Å². The summed E-state index contributed by atoms with van der Waals surface area (Å²) in [6.45, 7) is 0.449. The van der Waals surface area contributed by atoms with Gasteiger partial charge in [-0.05, 0) is 41.0 Å². The molecule has 2 aromatic rings. The van der Waals surface area contributed by atoms with Crippen molar-refractivity contribution in [3.05, 3.63) is 65.2 Å². The zero-order valence-corrected chi connectivity index (χ0v) is 10.2. The molecule has 0 aromatic heterocycles. The Kier molecular flexibility index (Phi) is 2.80. The number of phenolic OH excluding ortho intramolecular Hbond substituents is 1. The Balaban J connectivity index is 2.29. The summed E-state index contributed by atoms with van der Waals surface area (Å²) in [7, 11) is 0. The maximum absolute atomic E-state index is 10.9. The van der Waals surface area contributed by atoms with Gasteiger partial charge in [-0.3, -0.25) is 4.79 Å². The molecule has 94 valence electrons. The predicted octanol–water partition coefficient (Wildman–Crippen LogP) is 2.92. The summed E-state index contributed by atoms with van der Waals surface area (Å²) in [5, 5.41) is 9.64. The van der Waals surface area contributed by atoms with Gasteiger partial charge in [0.2, 0.25) is 0 Å². The predicted molar refractivity (Wildman–Crippen MR) is 72.0 cm³/mol. The molecule has 3 rings (SSSR count). The number of rotatable bonds is 1. The Morgan fingerprint density at radius 2 is 1.95 bits per heavy atom. The van der Waals surface area contributed by atoms with E-state index >= 15 is 0 Å². The van der Waals surface area contributed by atoms with Crippen LogP contribution in [0.1, 0.15) is 16.7 Å². The van der Waals surface area contributed by atoms with Crippen LogP contribution in [-0.2, 0) is 11.4 Å². The zero-order chi connectivity index (χ0) is 13.2. The third-order valence-electron chi connectivity index (χ3n) is 3.18. The number of hydrogen-bond donors (Lipinski definition) is 1. The summed E-state index contributed by atoms with van der Waals surface area (Å²) >= 11 is 0. The second-order valence-electron chi connectivity index (χ2n) is 4.34. The van der Waals surface area contributed by atoms with Crippen LogP contribution in [0.2, 0.25) is 0 Å². The van der Waals surface area contributed by atoms with Gasteiger partial charge in [-0.25, -0.2) is 0 Å². The summed E-state index contributed by atoms with van der Waals surface area (Å²) in [6, 6.07) is 12.7. The molecule has 0 fully saturated rings. The van der Waals surface area contributed by atoms with Crippen LogP contribution in [0.15, 0.2) is 48.5 Å². The molecule has 0 saturated heterocycles. The van der Waals surface area contributed by atoms with Crippen LogP contribution < -0.4 is 4.74 Å². The average molecular weight is 252 g/mol. The van der Waals surface area contributed by atoms with Crippen LogP contribution in [-0.4, -0.2) is 11.4 Å². The first kappa shape index (κ1) is 11.5. The minimum absolute atomic E-state index is 0.151. The van der Waals surface area contributed by atoms with Crippen LogP contribution in [0.4, 0.5) is 0 Å². The molecule has 1 aliphatic heterocycles. The van der Waals surface area contributed by atoms with Gasteiger partial charge in [0.1, 0.15) is 24.4 Å². The number of benzene rings is 2. The van der Waals surface area contributed by atoms with E-state index in [-0.39, 0.29) is 5.75 Å². The fourth-order valence-electron chi connectivity index (χ4n) is 2.31. The Labute approximate surface area is 110 Å². The van der Waals surface area contributed by atoms with Crippen molar-refractivity contribution in [1.82, 2.24) is 0 Å². The summed E-state index contributed by atoms with van der Waals surface area (Å²) in [5.74, 6) is 0.820. The first-order valence-electron chi connectivity index (χ1n) is 5.99. The van der Waals surface area contributed by atoms with Crippen molar-refractivity contribution in [2.45, 2.75) is 6.61 Å². The summed E-state index contributed by atoms with van der Waals surface area (Å²) in [4.78, 5) is 10.9. The molecule has 1 N–H and O–H groups in total. The molecule has 0 aliphatic carbocycles. The van der Waals surface area contributed by atoms with Crippen LogP contribution in [0, 0.1) is 0 Å². The maximum Gasteiger partial charge on any atom is 0.143 e. The number of ether oxygens (including phenoxy) is 1. The molecule has 19 heavy (non-hydrogen) atoms. The number of aldehydes is 1. The summed E-state index contributed by atoms with van der Waals surface area (Å²) < 4.78 is 5.74. The highest BCUT2D eigenvalue weighted by Crippen LogP contribution is 2.38. The van der Waals surface area contributed by atoms with Gasteiger partial charge in [-0.1, -0.05) is 24.3 Å². The van der Waals surface area contributed by atoms with Crippen molar-refractivity contribution >= 4 is 11.9 Å². The van der Waals surface area contributed by atoms with E-state index < -0.39 is 0 Å². The molecular weight excluding hydrogens is 240 g/mol. The number of fused-ring (bicyclic) bond motifs is 2. The highest BCUT2D eigenvalue weighted by atomic mass is 16.5. The molecule has 0 amide bonds. The lowest BCUT2D eigenvalue weighted by Crippen LogP contribution is -1.94. The number of aromatic hydroxyl groups is 1. The largest absolute Gasteiger partial charge is 0.508 e. The van der Waals surface area contributed by atoms with Crippen LogP contribution in [0.25, 0.3) is 5.57 Å². The van der Waals surface area contributed by atoms with Gasteiger partial charge in [-0.15, -0.1) is 0 Å². The number of phenols is 1. The quantitative estimate of drug-likeness (QED) is 0.627. The second-order valence-corrected chi connectivity index (χ2v) is 4.34. The highest BCUT2D eigenvalue weighted by molar-refractivity contribution is 5.93. The van der Waals surface area contributed by atoms with Gasteiger partial charge in [0, 0.05) is 5.56 Å². The number of hydrogen-bond acceptors (Lipinski definition) is 3. The smallest absolute Gasteiger partial charge is 0.143 e. The fraction of sp³-hybridized carbons (Fsp3) is 0.0625. The molecule has 1 aliphatic rings. The Morgan fingerprint density at radius 1 is 1.11 bits per heavy atom. The van der Waals surface area contributed by atoms with Gasteiger partial charge >= 0.3 is 0 Å². The Morgan fingerprint density at radius 3 is 2.79 bits per heavy atom. The summed E-state index contributed by atoms with van der Waals surface area (Å²) in [6.07, 6.45) is 2.26. The van der Waals surface area contributed by atoms with E-state index in [1.165, 1.54) is 6.08 Å². The standard InChI is InChI=1S/C16H12O3/c17-8-7-14-13-4-2-1-3-11(13)10-19-16-6-5-12(18)9-15(14)16/h1-9,18H,10H2/b14-7-. The van der Waals surface area contributed by atoms with Crippen molar-refractivity contribution in [3.8, 4) is 11.5 Å². The minimum Gasteiger partial charge on any atom is -0.508 e. The molecule has 0 bridgehead atoms. The highest BCUT2D eigenvalue weighted by Gasteiger charge is 2.19. The first-order chi connectivity index (χ1) is 9.29. The summed E-state index contributed by atoms with van der Waals surface area (Å²) in [5.41, 5.74) is 3.48. The average Bonchev–Trinajstić information content (AvgIpc) is 2.58. The maximum atomic E-state index is 10.9. The van der Waals surface area contributed by atoms with Crippen molar-refractivity contribution in [2.75, 3.05) is 0 Å². The van der Waals surface area contributed by atoms with Crippen molar-refractivity contribution in [1.29, 1.82) is 0 Å². The van der Waals surface area contributed by atoms with E-state index in [2.05, 4.69) is 0 Å². The number of carbonyl (C=O) groups is 1. The number of allylic oxidation sites excluding steroid dienone is 1. The fourth-order valence-corrected chi connectivity index (χ4v) is 2.31. The molecule has 1 heterocycles. The lowest BCUT2D eigenvalue weighted by atomic mass is 9.94. The van der Waals surface area contributed by atoms with Crippen molar-refractivity contribution in [2.24, 2.45) is 0 Å². The molecular formula is C16H12O3. The van der Waals surface area contributed by atoms with E-state index in [4.69, 9.17) is 4.74 Å². The third-order valence-corrected chi connectivity index (χ3v) is 3.18. The molecule has 3 heteroatoms. The van der Waals surface area contributed by atoms with Gasteiger partial charge in [0.25, 0.3) is 0 Å².